The van der Waals surface area contributed by atoms with Crippen LogP contribution in [0.5, 0.6) is 0 Å². The third-order valence-corrected chi connectivity index (χ3v) is 6.72. The summed E-state index contributed by atoms with van der Waals surface area (Å²) in [4.78, 5) is 11.8. The summed E-state index contributed by atoms with van der Waals surface area (Å²) in [6.07, 6.45) is 6.58. The Hall–Kier alpha value is -1.25. The molecule has 3 N–H and O–H groups in total. The molecule has 0 saturated carbocycles. The van der Waals surface area contributed by atoms with Crippen LogP contribution in [0.3, 0.4) is 0 Å². The van der Waals surface area contributed by atoms with Crippen molar-refractivity contribution >= 4 is 56.5 Å². The molecular formula is C15H16Cl3N3O3S. The number of halogens is 3. The second-order valence-electron chi connectivity index (χ2n) is 5.19. The average molecular weight is 425 g/mol. The first kappa shape index (κ1) is 20.1. The molecule has 0 heterocycles. The lowest BCUT2D eigenvalue weighted by molar-refractivity contribution is 0.252. The predicted molar refractivity (Wildman–Crippen MR) is 102 cm³/mol. The van der Waals surface area contributed by atoms with Gasteiger partial charge in [-0.05, 0) is 24.3 Å². The van der Waals surface area contributed by atoms with Crippen molar-refractivity contribution in [2.24, 2.45) is 0 Å². The van der Waals surface area contributed by atoms with Crippen molar-refractivity contribution in [1.82, 2.24) is 10.0 Å². The van der Waals surface area contributed by atoms with E-state index >= 15 is 0 Å². The Labute approximate surface area is 161 Å². The Morgan fingerprint density at radius 2 is 1.92 bits per heavy atom. The van der Waals surface area contributed by atoms with Gasteiger partial charge in [-0.1, -0.05) is 53.0 Å². The standard InChI is InChI=1S/C15H16Cl3N3O3S/c16-12-5-4-11(10-13(12)17)21-14(22)19-8-9-20-25(23,24)15(18)6-2-1-3-7-15/h1-6,10,20H,7-9H2,(H2,19,21,22). The summed E-state index contributed by atoms with van der Waals surface area (Å²) in [7, 11) is -3.78. The van der Waals surface area contributed by atoms with Gasteiger partial charge in [-0.15, -0.1) is 0 Å². The fourth-order valence-electron chi connectivity index (χ4n) is 2.00. The monoisotopic (exact) mass is 423 g/mol. The van der Waals surface area contributed by atoms with Crippen molar-refractivity contribution in [1.29, 1.82) is 0 Å². The number of nitrogens with one attached hydrogen (secondary N) is 3. The van der Waals surface area contributed by atoms with Gasteiger partial charge in [-0.25, -0.2) is 17.9 Å². The topological polar surface area (TPSA) is 87.3 Å². The van der Waals surface area contributed by atoms with E-state index in [1.165, 1.54) is 12.1 Å². The molecule has 0 saturated heterocycles. The molecule has 0 radical (unpaired) electrons. The number of allylic oxidation sites excluding steroid dienone is 3. The van der Waals surface area contributed by atoms with Gasteiger partial charge in [-0.2, -0.15) is 0 Å². The van der Waals surface area contributed by atoms with Crippen LogP contribution in [0.2, 0.25) is 10.0 Å². The highest BCUT2D eigenvalue weighted by Crippen LogP contribution is 2.30. The Balaban J connectivity index is 1.78. The van der Waals surface area contributed by atoms with Crippen LogP contribution in [0.25, 0.3) is 0 Å². The molecule has 1 aromatic rings. The highest BCUT2D eigenvalue weighted by molar-refractivity contribution is 7.92. The molecule has 6 nitrogen and oxygen atoms in total. The van der Waals surface area contributed by atoms with Crippen LogP contribution in [0.4, 0.5) is 10.5 Å². The maximum atomic E-state index is 12.2. The molecule has 1 aromatic carbocycles. The summed E-state index contributed by atoms with van der Waals surface area (Å²) in [5.41, 5.74) is 0.464. The largest absolute Gasteiger partial charge is 0.337 e. The lowest BCUT2D eigenvalue weighted by Gasteiger charge is -2.24. The van der Waals surface area contributed by atoms with Gasteiger partial charge in [0.05, 0.1) is 10.0 Å². The van der Waals surface area contributed by atoms with E-state index in [1.807, 2.05) is 0 Å². The third kappa shape index (κ3) is 5.36. The molecule has 0 fully saturated rings. The SMILES string of the molecule is O=C(NCCNS(=O)(=O)C1(Cl)C=CC=CC1)Nc1ccc(Cl)c(Cl)c1. The Morgan fingerprint density at radius 3 is 2.56 bits per heavy atom. The van der Waals surface area contributed by atoms with Gasteiger partial charge in [0.25, 0.3) is 0 Å². The smallest absolute Gasteiger partial charge is 0.319 e. The zero-order valence-electron chi connectivity index (χ0n) is 12.9. The number of amides is 2. The maximum absolute atomic E-state index is 12.2. The zero-order chi connectivity index (χ0) is 18.5. The summed E-state index contributed by atoms with van der Waals surface area (Å²) in [5.74, 6) is 0. The van der Waals surface area contributed by atoms with Crippen LogP contribution in [-0.2, 0) is 10.0 Å². The molecule has 136 valence electrons. The summed E-state index contributed by atoms with van der Waals surface area (Å²) in [5, 5.41) is 5.78. The molecule has 2 amide bonds. The second kappa shape index (κ2) is 8.42. The lowest BCUT2D eigenvalue weighted by atomic mass is 10.2. The minimum Gasteiger partial charge on any atom is -0.337 e. The number of hydrogen-bond donors (Lipinski definition) is 3. The van der Waals surface area contributed by atoms with Gasteiger partial charge in [0.2, 0.25) is 10.0 Å². The molecular weight excluding hydrogens is 409 g/mol. The highest BCUT2D eigenvalue weighted by atomic mass is 35.5. The predicted octanol–water partition coefficient (Wildman–Crippen LogP) is 3.49. The lowest BCUT2D eigenvalue weighted by Crippen LogP contribution is -2.44. The van der Waals surface area contributed by atoms with Crippen LogP contribution in [0, 0.1) is 0 Å². The van der Waals surface area contributed by atoms with Crippen molar-refractivity contribution in [3.63, 3.8) is 0 Å². The first-order valence-electron chi connectivity index (χ1n) is 7.26. The third-order valence-electron chi connectivity index (χ3n) is 3.32. The molecule has 1 aliphatic carbocycles. The molecule has 0 aromatic heterocycles. The number of hydrogen-bond acceptors (Lipinski definition) is 3. The van der Waals surface area contributed by atoms with Gasteiger partial charge in [0, 0.05) is 25.2 Å². The molecule has 0 bridgehead atoms. The molecule has 25 heavy (non-hydrogen) atoms. The van der Waals surface area contributed by atoms with Gasteiger partial charge < -0.3 is 10.6 Å². The number of anilines is 1. The fourth-order valence-corrected chi connectivity index (χ4v) is 3.81. The number of alkyl halides is 1. The molecule has 0 spiro atoms. The first-order valence-corrected chi connectivity index (χ1v) is 9.88. The van der Waals surface area contributed by atoms with E-state index in [2.05, 4.69) is 15.4 Å². The summed E-state index contributed by atoms with van der Waals surface area (Å²) < 4.78 is 25.3. The van der Waals surface area contributed by atoms with Crippen LogP contribution < -0.4 is 15.4 Å². The molecule has 2 rings (SSSR count). The molecule has 1 atom stereocenters. The van der Waals surface area contributed by atoms with E-state index in [0.717, 1.165) is 0 Å². The van der Waals surface area contributed by atoms with Crippen molar-refractivity contribution < 1.29 is 13.2 Å². The van der Waals surface area contributed by atoms with Gasteiger partial charge >= 0.3 is 6.03 Å². The number of sulfonamides is 1. The van der Waals surface area contributed by atoms with Crippen LogP contribution in [0.15, 0.2) is 42.5 Å². The number of carbonyl (C=O) groups is 1. The Kier molecular flexibility index (Phi) is 6.76. The highest BCUT2D eigenvalue weighted by Gasteiger charge is 2.38. The minimum absolute atomic E-state index is 0.00313. The van der Waals surface area contributed by atoms with Crippen LogP contribution in [0.1, 0.15) is 6.42 Å². The number of benzene rings is 1. The fraction of sp³-hybridized carbons (Fsp3) is 0.267. The molecule has 1 unspecified atom stereocenters. The van der Waals surface area contributed by atoms with Crippen LogP contribution >= 0.6 is 34.8 Å². The number of urea groups is 1. The van der Waals surface area contributed by atoms with Crippen LogP contribution in [-0.4, -0.2) is 31.7 Å². The molecule has 1 aliphatic rings. The van der Waals surface area contributed by atoms with Crippen molar-refractivity contribution in [3.05, 3.63) is 52.5 Å². The quantitative estimate of drug-likeness (QED) is 0.482. The van der Waals surface area contributed by atoms with E-state index < -0.39 is 20.3 Å². The van der Waals surface area contributed by atoms with Gasteiger partial charge in [-0.3, -0.25) is 0 Å². The van der Waals surface area contributed by atoms with E-state index in [9.17, 15) is 13.2 Å². The summed E-state index contributed by atoms with van der Waals surface area (Å²) >= 11 is 17.8. The first-order chi connectivity index (χ1) is 11.7. The van der Waals surface area contributed by atoms with Gasteiger partial charge in [0.1, 0.15) is 0 Å². The zero-order valence-corrected chi connectivity index (χ0v) is 16.0. The normalized spacial score (nSPS) is 19.6. The van der Waals surface area contributed by atoms with E-state index in [1.54, 1.807) is 30.4 Å². The number of carbonyl (C=O) groups excluding carboxylic acids is 1. The summed E-state index contributed by atoms with van der Waals surface area (Å²) in [6, 6.07) is 4.15. The molecule has 10 heteroatoms. The second-order valence-corrected chi connectivity index (χ2v) is 8.92. The number of rotatable bonds is 6. The minimum atomic E-state index is -3.78. The van der Waals surface area contributed by atoms with Crippen molar-refractivity contribution in [3.8, 4) is 0 Å². The van der Waals surface area contributed by atoms with Gasteiger partial charge in [0.15, 0.2) is 4.21 Å². The Bertz CT molecular complexity index is 811. The van der Waals surface area contributed by atoms with E-state index in [4.69, 9.17) is 34.8 Å². The Morgan fingerprint density at radius 1 is 1.16 bits per heavy atom. The molecule has 0 aliphatic heterocycles. The van der Waals surface area contributed by atoms with Crippen molar-refractivity contribution in [2.75, 3.05) is 18.4 Å². The van der Waals surface area contributed by atoms with E-state index in [-0.39, 0.29) is 19.5 Å². The van der Waals surface area contributed by atoms with E-state index in [0.29, 0.717) is 15.7 Å². The van der Waals surface area contributed by atoms with Crippen molar-refractivity contribution in [2.45, 2.75) is 10.6 Å². The summed E-state index contributed by atoms with van der Waals surface area (Å²) in [6.45, 7) is 0.0854. The maximum Gasteiger partial charge on any atom is 0.319 e. The average Bonchev–Trinajstić information content (AvgIpc) is 2.56.